The van der Waals surface area contributed by atoms with Gasteiger partial charge in [-0.25, -0.2) is 0 Å². The lowest BCUT2D eigenvalue weighted by Crippen LogP contribution is -2.18. The zero-order valence-corrected chi connectivity index (χ0v) is 8.11. The molecule has 2 aromatic rings. The number of aromatic hydroxyl groups is 1. The highest BCUT2D eigenvalue weighted by Gasteiger charge is 2.09. The average Bonchev–Trinajstić information content (AvgIpc) is 2.23. The summed E-state index contributed by atoms with van der Waals surface area (Å²) in [6.07, 6.45) is 0. The molecular formula is C11H11NO2. The minimum Gasteiger partial charge on any atom is -0.505 e. The Balaban J connectivity index is 3.10. The average molecular weight is 189 g/mol. The first-order chi connectivity index (χ1) is 6.63. The van der Waals surface area contributed by atoms with E-state index in [2.05, 4.69) is 0 Å². The molecule has 1 aromatic carbocycles. The van der Waals surface area contributed by atoms with Crippen LogP contribution in [0.2, 0.25) is 0 Å². The maximum atomic E-state index is 11.8. The number of pyridine rings is 1. The third kappa shape index (κ3) is 1.02. The van der Waals surface area contributed by atoms with Gasteiger partial charge in [-0.05, 0) is 13.0 Å². The second-order valence-electron chi connectivity index (χ2n) is 3.34. The Kier molecular flexibility index (Phi) is 1.81. The third-order valence-electron chi connectivity index (χ3n) is 2.56. The number of nitrogens with zero attached hydrogens (tertiary/aromatic N) is 1. The molecule has 1 heterocycles. The zero-order chi connectivity index (χ0) is 10.3. The molecule has 0 amide bonds. The van der Waals surface area contributed by atoms with Gasteiger partial charge in [0, 0.05) is 12.4 Å². The van der Waals surface area contributed by atoms with E-state index in [0.29, 0.717) is 16.5 Å². The minimum absolute atomic E-state index is 0.0732. The fraction of sp³-hybridized carbons (Fsp3) is 0.182. The summed E-state index contributed by atoms with van der Waals surface area (Å²) in [5.41, 5.74) is 0.518. The van der Waals surface area contributed by atoms with E-state index in [-0.39, 0.29) is 11.3 Å². The Hall–Kier alpha value is -1.77. The largest absolute Gasteiger partial charge is 0.505 e. The van der Waals surface area contributed by atoms with Crippen LogP contribution in [-0.2, 0) is 7.05 Å². The van der Waals surface area contributed by atoms with E-state index in [4.69, 9.17) is 0 Å². The molecule has 0 radical (unpaired) electrons. The lowest BCUT2D eigenvalue weighted by atomic mass is 10.1. The van der Waals surface area contributed by atoms with Gasteiger partial charge in [0.2, 0.25) is 0 Å². The van der Waals surface area contributed by atoms with Crippen molar-refractivity contribution >= 4 is 10.8 Å². The first-order valence-corrected chi connectivity index (χ1v) is 4.40. The molecule has 0 fully saturated rings. The summed E-state index contributed by atoms with van der Waals surface area (Å²) >= 11 is 0. The van der Waals surface area contributed by atoms with Crippen LogP contribution in [-0.4, -0.2) is 9.67 Å². The fourth-order valence-corrected chi connectivity index (χ4v) is 1.56. The standard InChI is InChI=1S/C11H11NO2/c1-7-10(13)8-5-3-4-6-9(8)11(14)12(7)2/h3-6,13H,1-2H3. The van der Waals surface area contributed by atoms with E-state index in [0.717, 1.165) is 0 Å². The van der Waals surface area contributed by atoms with Crippen LogP contribution in [0.1, 0.15) is 5.69 Å². The number of hydrogen-bond acceptors (Lipinski definition) is 2. The predicted molar refractivity (Wildman–Crippen MR) is 55.6 cm³/mol. The van der Waals surface area contributed by atoms with E-state index >= 15 is 0 Å². The second kappa shape index (κ2) is 2.87. The van der Waals surface area contributed by atoms with Crippen LogP contribution in [0.4, 0.5) is 0 Å². The minimum atomic E-state index is -0.0732. The molecular weight excluding hydrogens is 178 g/mol. The van der Waals surface area contributed by atoms with Crippen LogP contribution < -0.4 is 5.56 Å². The molecule has 0 spiro atoms. The Morgan fingerprint density at radius 2 is 1.79 bits per heavy atom. The van der Waals surface area contributed by atoms with Crippen LogP contribution in [0.25, 0.3) is 10.8 Å². The summed E-state index contributed by atoms with van der Waals surface area (Å²) in [5.74, 6) is 0.183. The van der Waals surface area contributed by atoms with Crippen molar-refractivity contribution in [2.75, 3.05) is 0 Å². The number of aromatic nitrogens is 1. The van der Waals surface area contributed by atoms with Gasteiger partial charge in [-0.1, -0.05) is 18.2 Å². The summed E-state index contributed by atoms with van der Waals surface area (Å²) in [4.78, 5) is 11.8. The molecule has 3 nitrogen and oxygen atoms in total. The van der Waals surface area contributed by atoms with E-state index in [9.17, 15) is 9.90 Å². The molecule has 0 aliphatic heterocycles. The number of fused-ring (bicyclic) bond motifs is 1. The van der Waals surface area contributed by atoms with Crippen molar-refractivity contribution in [1.29, 1.82) is 0 Å². The number of rotatable bonds is 0. The van der Waals surface area contributed by atoms with Gasteiger partial charge >= 0.3 is 0 Å². The van der Waals surface area contributed by atoms with Crippen molar-refractivity contribution < 1.29 is 5.11 Å². The van der Waals surface area contributed by atoms with Gasteiger partial charge < -0.3 is 9.67 Å². The lowest BCUT2D eigenvalue weighted by molar-refractivity contribution is 0.468. The molecule has 0 bridgehead atoms. The second-order valence-corrected chi connectivity index (χ2v) is 3.34. The summed E-state index contributed by atoms with van der Waals surface area (Å²) in [6.45, 7) is 1.73. The molecule has 2 rings (SSSR count). The van der Waals surface area contributed by atoms with Crippen LogP contribution in [0.3, 0.4) is 0 Å². The van der Waals surface area contributed by atoms with E-state index in [1.54, 1.807) is 38.2 Å². The molecule has 72 valence electrons. The van der Waals surface area contributed by atoms with Crippen molar-refractivity contribution in [2.24, 2.45) is 7.05 Å². The van der Waals surface area contributed by atoms with Gasteiger partial charge in [0.1, 0.15) is 5.75 Å². The van der Waals surface area contributed by atoms with E-state index < -0.39 is 0 Å². The van der Waals surface area contributed by atoms with Crippen molar-refractivity contribution in [3.8, 4) is 5.75 Å². The van der Waals surface area contributed by atoms with Gasteiger partial charge in [-0.2, -0.15) is 0 Å². The predicted octanol–water partition coefficient (Wildman–Crippen LogP) is 1.55. The Morgan fingerprint density at radius 1 is 1.21 bits per heavy atom. The smallest absolute Gasteiger partial charge is 0.258 e. The van der Waals surface area contributed by atoms with Crippen molar-refractivity contribution in [1.82, 2.24) is 4.57 Å². The van der Waals surface area contributed by atoms with Crippen LogP contribution in [0.15, 0.2) is 29.1 Å². The molecule has 0 atom stereocenters. The highest BCUT2D eigenvalue weighted by molar-refractivity contribution is 5.87. The van der Waals surface area contributed by atoms with Gasteiger partial charge in [0.15, 0.2) is 0 Å². The third-order valence-corrected chi connectivity index (χ3v) is 2.56. The quantitative estimate of drug-likeness (QED) is 0.683. The van der Waals surface area contributed by atoms with Crippen molar-refractivity contribution in [3.63, 3.8) is 0 Å². The van der Waals surface area contributed by atoms with Crippen molar-refractivity contribution in [3.05, 3.63) is 40.3 Å². The molecule has 0 unspecified atom stereocenters. The number of benzene rings is 1. The summed E-state index contributed by atoms with van der Waals surface area (Å²) < 4.78 is 1.46. The molecule has 0 saturated carbocycles. The first kappa shape index (κ1) is 8.81. The Morgan fingerprint density at radius 3 is 2.43 bits per heavy atom. The number of hydrogen-bond donors (Lipinski definition) is 1. The SMILES string of the molecule is Cc1c(O)c2ccccc2c(=O)n1C. The molecule has 3 heteroatoms. The first-order valence-electron chi connectivity index (χ1n) is 4.40. The maximum absolute atomic E-state index is 11.8. The molecule has 1 N–H and O–H groups in total. The summed E-state index contributed by atoms with van der Waals surface area (Å²) in [5, 5.41) is 11.0. The maximum Gasteiger partial charge on any atom is 0.258 e. The van der Waals surface area contributed by atoms with E-state index in [1.807, 2.05) is 0 Å². The summed E-state index contributed by atoms with van der Waals surface area (Å²) in [6, 6.07) is 7.06. The van der Waals surface area contributed by atoms with Crippen LogP contribution >= 0.6 is 0 Å². The van der Waals surface area contributed by atoms with Crippen molar-refractivity contribution in [2.45, 2.75) is 6.92 Å². The fourth-order valence-electron chi connectivity index (χ4n) is 1.56. The highest BCUT2D eigenvalue weighted by Crippen LogP contribution is 2.24. The monoisotopic (exact) mass is 189 g/mol. The Labute approximate surface area is 81.2 Å². The molecule has 0 saturated heterocycles. The molecule has 0 aliphatic rings. The zero-order valence-electron chi connectivity index (χ0n) is 8.11. The lowest BCUT2D eigenvalue weighted by Gasteiger charge is -2.08. The molecule has 14 heavy (non-hydrogen) atoms. The van der Waals surface area contributed by atoms with E-state index in [1.165, 1.54) is 4.57 Å². The normalized spacial score (nSPS) is 10.7. The topological polar surface area (TPSA) is 42.2 Å². The summed E-state index contributed by atoms with van der Waals surface area (Å²) in [7, 11) is 1.66. The van der Waals surface area contributed by atoms with Gasteiger partial charge in [0.05, 0.1) is 11.1 Å². The van der Waals surface area contributed by atoms with Gasteiger partial charge in [-0.15, -0.1) is 0 Å². The highest BCUT2D eigenvalue weighted by atomic mass is 16.3. The van der Waals surface area contributed by atoms with Gasteiger partial charge in [-0.3, -0.25) is 4.79 Å². The van der Waals surface area contributed by atoms with Crippen LogP contribution in [0, 0.1) is 6.92 Å². The Bertz CT molecular complexity index is 555. The molecule has 0 aliphatic carbocycles. The van der Waals surface area contributed by atoms with Gasteiger partial charge in [0.25, 0.3) is 5.56 Å². The molecule has 1 aromatic heterocycles. The van der Waals surface area contributed by atoms with Crippen LogP contribution in [0.5, 0.6) is 5.75 Å².